The van der Waals surface area contributed by atoms with E-state index in [2.05, 4.69) is 20.4 Å². The third-order valence-electron chi connectivity index (χ3n) is 6.37. The summed E-state index contributed by atoms with van der Waals surface area (Å²) in [4.78, 5) is 23.5. The topological polar surface area (TPSA) is 46.6 Å². The molecule has 0 N–H and O–H groups in total. The Hall–Kier alpha value is -1.58. The van der Waals surface area contributed by atoms with Gasteiger partial charge in [0.2, 0.25) is 5.91 Å². The lowest BCUT2D eigenvalue weighted by molar-refractivity contribution is -0.125. The number of hydrogen-bond donors (Lipinski definition) is 0. The maximum Gasteiger partial charge on any atom is 0.246 e. The summed E-state index contributed by atoms with van der Waals surface area (Å²) in [5.74, 6) is 1.63. The second kappa shape index (κ2) is 24.5. The number of carbonyl (C=O) groups excluding carboxylic acids is 2. The van der Waals surface area contributed by atoms with E-state index in [0.29, 0.717) is 12.8 Å². The zero-order valence-electron chi connectivity index (χ0n) is 22.8. The molecule has 0 fully saturated rings. The zero-order chi connectivity index (χ0) is 25.3. The maximum absolute atomic E-state index is 11.7. The van der Waals surface area contributed by atoms with Gasteiger partial charge in [-0.2, -0.15) is 0 Å². The van der Waals surface area contributed by atoms with Gasteiger partial charge in [0.15, 0.2) is 0 Å². The van der Waals surface area contributed by atoms with Gasteiger partial charge in [-0.3, -0.25) is 9.59 Å². The Morgan fingerprint density at radius 3 is 1.82 bits per heavy atom. The monoisotopic (exact) mass is 477 g/mol. The van der Waals surface area contributed by atoms with E-state index in [9.17, 15) is 9.59 Å². The van der Waals surface area contributed by atoms with Crippen molar-refractivity contribution in [2.75, 3.05) is 20.2 Å². The molecule has 0 aliphatic rings. The Morgan fingerprint density at radius 2 is 1.29 bits per heavy atom. The Kier molecular flexibility index (Phi) is 23.4. The zero-order valence-corrected chi connectivity index (χ0v) is 22.8. The minimum absolute atomic E-state index is 0.127. The van der Waals surface area contributed by atoms with Crippen LogP contribution in [0.3, 0.4) is 0 Å². The molecule has 0 aromatic carbocycles. The molecule has 0 saturated heterocycles. The summed E-state index contributed by atoms with van der Waals surface area (Å²) < 4.78 is 5.77. The van der Waals surface area contributed by atoms with Crippen molar-refractivity contribution in [1.82, 2.24) is 4.90 Å². The highest BCUT2D eigenvalue weighted by atomic mass is 16.5. The van der Waals surface area contributed by atoms with E-state index in [1.165, 1.54) is 95.6 Å². The summed E-state index contributed by atoms with van der Waals surface area (Å²) >= 11 is 0. The number of aldehydes is 1. The minimum Gasteiger partial charge on any atom is -0.499 e. The van der Waals surface area contributed by atoms with Crippen LogP contribution in [0.2, 0.25) is 0 Å². The molecule has 34 heavy (non-hydrogen) atoms. The molecule has 1 amide bonds. The van der Waals surface area contributed by atoms with Crippen LogP contribution in [0.5, 0.6) is 0 Å². The first-order chi connectivity index (χ1) is 16.5. The van der Waals surface area contributed by atoms with Crippen LogP contribution in [0.25, 0.3) is 0 Å². The van der Waals surface area contributed by atoms with Crippen molar-refractivity contribution in [2.45, 2.75) is 129 Å². The predicted octanol–water partition coefficient (Wildman–Crippen LogP) is 8.41. The molecule has 198 valence electrons. The summed E-state index contributed by atoms with van der Waals surface area (Å²) in [5.41, 5.74) is 0. The summed E-state index contributed by atoms with van der Waals surface area (Å²) in [6, 6.07) is 0. The second-order valence-electron chi connectivity index (χ2n) is 10.2. The predicted molar refractivity (Wildman–Crippen MR) is 146 cm³/mol. The first-order valence-electron chi connectivity index (χ1n) is 14.1. The number of likely N-dealkylation sites (N-methyl/N-ethyl adjacent to an activating group) is 1. The molecule has 0 spiro atoms. The van der Waals surface area contributed by atoms with Gasteiger partial charge in [-0.1, -0.05) is 110 Å². The van der Waals surface area contributed by atoms with Crippen molar-refractivity contribution in [1.29, 1.82) is 0 Å². The van der Waals surface area contributed by atoms with Crippen LogP contribution in [-0.4, -0.2) is 37.3 Å². The first kappa shape index (κ1) is 32.4. The molecule has 0 unspecified atom stereocenters. The number of unbranched alkanes of at least 4 members (excludes halogenated alkanes) is 14. The van der Waals surface area contributed by atoms with Gasteiger partial charge in [0, 0.05) is 26.1 Å². The van der Waals surface area contributed by atoms with E-state index < -0.39 is 0 Å². The van der Waals surface area contributed by atoms with Crippen LogP contribution < -0.4 is 0 Å². The Balaban J connectivity index is 3.31. The van der Waals surface area contributed by atoms with Crippen molar-refractivity contribution >= 4 is 12.2 Å². The number of nitrogens with zero attached hydrogens (tertiary/aromatic N) is 1. The highest BCUT2D eigenvalue weighted by Gasteiger charge is 2.04. The van der Waals surface area contributed by atoms with Gasteiger partial charge in [0.25, 0.3) is 0 Å². The number of allylic oxidation sites excluding steroid dienone is 2. The summed E-state index contributed by atoms with van der Waals surface area (Å²) in [6.45, 7) is 10.2. The number of carbonyl (C=O) groups is 2. The van der Waals surface area contributed by atoms with Crippen LogP contribution in [0, 0.1) is 5.92 Å². The second-order valence-corrected chi connectivity index (χ2v) is 10.2. The number of amides is 1. The van der Waals surface area contributed by atoms with Crippen LogP contribution in [0.1, 0.15) is 129 Å². The number of hydrogen-bond acceptors (Lipinski definition) is 3. The van der Waals surface area contributed by atoms with Gasteiger partial charge in [-0.05, 0) is 31.3 Å². The SMILES string of the molecule is C=C(CCCCCN(C)C(=O)/C=C\C=O)OCCCCCCCCCCCCCCCC(C)C. The van der Waals surface area contributed by atoms with Gasteiger partial charge < -0.3 is 9.64 Å². The lowest BCUT2D eigenvalue weighted by Gasteiger charge is -2.14. The highest BCUT2D eigenvalue weighted by molar-refractivity contribution is 5.90. The quantitative estimate of drug-likeness (QED) is 0.0574. The molecule has 0 aliphatic carbocycles. The molecule has 4 heteroatoms. The molecule has 0 aliphatic heterocycles. The van der Waals surface area contributed by atoms with E-state index in [-0.39, 0.29) is 5.91 Å². The van der Waals surface area contributed by atoms with Gasteiger partial charge in [0.1, 0.15) is 6.29 Å². The van der Waals surface area contributed by atoms with Crippen LogP contribution >= 0.6 is 0 Å². The number of ether oxygens (including phenoxy) is 1. The Morgan fingerprint density at radius 1 is 0.794 bits per heavy atom. The fourth-order valence-electron chi connectivity index (χ4n) is 4.09. The van der Waals surface area contributed by atoms with Crippen LogP contribution in [0.15, 0.2) is 24.5 Å². The molecule has 0 atom stereocenters. The smallest absolute Gasteiger partial charge is 0.246 e. The molecule has 0 bridgehead atoms. The third kappa shape index (κ3) is 23.6. The third-order valence-corrected chi connectivity index (χ3v) is 6.37. The molecule has 0 radical (unpaired) electrons. The van der Waals surface area contributed by atoms with E-state index in [0.717, 1.165) is 50.4 Å². The van der Waals surface area contributed by atoms with Crippen molar-refractivity contribution in [2.24, 2.45) is 5.92 Å². The van der Waals surface area contributed by atoms with Gasteiger partial charge in [-0.15, -0.1) is 0 Å². The number of rotatable bonds is 25. The molecule has 0 saturated carbocycles. The highest BCUT2D eigenvalue weighted by Crippen LogP contribution is 2.15. The summed E-state index contributed by atoms with van der Waals surface area (Å²) in [7, 11) is 1.76. The van der Waals surface area contributed by atoms with E-state index in [1.54, 1.807) is 11.9 Å². The largest absolute Gasteiger partial charge is 0.499 e. The van der Waals surface area contributed by atoms with Gasteiger partial charge >= 0.3 is 0 Å². The van der Waals surface area contributed by atoms with Gasteiger partial charge in [0.05, 0.1) is 12.4 Å². The molecule has 0 heterocycles. The molecule has 0 aromatic heterocycles. The average molecular weight is 478 g/mol. The molecular weight excluding hydrogens is 422 g/mol. The van der Waals surface area contributed by atoms with Crippen LogP contribution in [0.4, 0.5) is 0 Å². The molecule has 0 aromatic rings. The summed E-state index contributed by atoms with van der Waals surface area (Å²) in [5, 5.41) is 0. The van der Waals surface area contributed by atoms with E-state index in [1.807, 2.05) is 0 Å². The fraction of sp³-hybridized carbons (Fsp3) is 0.800. The molecule has 0 rings (SSSR count). The van der Waals surface area contributed by atoms with Crippen LogP contribution in [-0.2, 0) is 14.3 Å². The minimum atomic E-state index is -0.127. The lowest BCUT2D eigenvalue weighted by Crippen LogP contribution is -2.25. The maximum atomic E-state index is 11.7. The Bertz CT molecular complexity index is 527. The first-order valence-corrected chi connectivity index (χ1v) is 14.1. The standard InChI is InChI=1S/C30H55NO3/c1-28(2)22-17-14-12-10-8-6-5-7-9-11-13-15-20-27-34-29(3)23-18-16-19-25-31(4)30(33)24-21-26-32/h21,24,26,28H,3,5-20,22-23,25,27H2,1-2,4H3/b24-21-. The van der Waals surface area contributed by atoms with Crippen molar-refractivity contribution in [3.63, 3.8) is 0 Å². The van der Waals surface area contributed by atoms with Gasteiger partial charge in [-0.25, -0.2) is 0 Å². The molecule has 4 nitrogen and oxygen atoms in total. The Labute approximate surface area is 211 Å². The molecular formula is C30H55NO3. The van der Waals surface area contributed by atoms with E-state index in [4.69, 9.17) is 4.74 Å². The summed E-state index contributed by atoms with van der Waals surface area (Å²) in [6.07, 6.45) is 26.3. The van der Waals surface area contributed by atoms with E-state index >= 15 is 0 Å². The fourth-order valence-corrected chi connectivity index (χ4v) is 4.09. The average Bonchev–Trinajstić information content (AvgIpc) is 2.81. The van der Waals surface area contributed by atoms with Crippen molar-refractivity contribution in [3.8, 4) is 0 Å². The normalized spacial score (nSPS) is 11.3. The van der Waals surface area contributed by atoms with Crippen molar-refractivity contribution < 1.29 is 14.3 Å². The van der Waals surface area contributed by atoms with Crippen molar-refractivity contribution in [3.05, 3.63) is 24.5 Å². The lowest BCUT2D eigenvalue weighted by atomic mass is 10.0.